The molecule has 0 aromatic heterocycles. The molecule has 2 atom stereocenters. The van der Waals surface area contributed by atoms with Gasteiger partial charge in [0.1, 0.15) is 0 Å². The molecule has 0 aromatic rings. The Bertz CT molecular complexity index is 125. The number of methoxy groups -OCH3 is 1. The summed E-state index contributed by atoms with van der Waals surface area (Å²) in [5.74, 6) is 1.47. The summed E-state index contributed by atoms with van der Waals surface area (Å²) in [6, 6.07) is 0. The predicted molar refractivity (Wildman–Crippen MR) is 46.6 cm³/mol. The fraction of sp³-hybridized carbons (Fsp3) is 1.00. The zero-order chi connectivity index (χ0) is 8.43. The van der Waals surface area contributed by atoms with Crippen molar-refractivity contribution in [3.63, 3.8) is 0 Å². The van der Waals surface area contributed by atoms with E-state index in [0.717, 1.165) is 18.4 Å². The maximum absolute atomic E-state index is 5.41. The summed E-state index contributed by atoms with van der Waals surface area (Å²) in [5.41, 5.74) is 0. The third-order valence-electron chi connectivity index (χ3n) is 2.65. The van der Waals surface area contributed by atoms with Crippen LogP contribution in [0.25, 0.3) is 0 Å². The smallest absolute Gasteiger partial charge is 0.0740 e. The van der Waals surface area contributed by atoms with E-state index in [1.54, 1.807) is 0 Å². The zero-order valence-corrected chi connectivity index (χ0v) is 8.00. The van der Waals surface area contributed by atoms with E-state index >= 15 is 0 Å². The Morgan fingerprint density at radius 3 is 2.36 bits per heavy atom. The van der Waals surface area contributed by atoms with Gasteiger partial charge in [0.05, 0.1) is 6.10 Å². The minimum atomic E-state index is 0.458. The van der Waals surface area contributed by atoms with Crippen molar-refractivity contribution in [3.05, 3.63) is 0 Å². The van der Waals surface area contributed by atoms with Crippen molar-refractivity contribution in [2.24, 2.45) is 11.8 Å². The molecule has 0 aliphatic carbocycles. The normalized spacial score (nSPS) is 33.5. The minimum absolute atomic E-state index is 0.458. The summed E-state index contributed by atoms with van der Waals surface area (Å²) in [6.45, 7) is 6.83. The summed E-state index contributed by atoms with van der Waals surface area (Å²) in [4.78, 5) is 2.35. The van der Waals surface area contributed by atoms with E-state index in [9.17, 15) is 0 Å². The van der Waals surface area contributed by atoms with E-state index in [1.165, 1.54) is 6.54 Å². The summed E-state index contributed by atoms with van der Waals surface area (Å²) in [7, 11) is 3.98. The van der Waals surface area contributed by atoms with Gasteiger partial charge in [0.2, 0.25) is 0 Å². The Morgan fingerprint density at radius 1 is 1.36 bits per heavy atom. The van der Waals surface area contributed by atoms with Crippen LogP contribution >= 0.6 is 0 Å². The van der Waals surface area contributed by atoms with Crippen LogP contribution in [0.2, 0.25) is 0 Å². The molecule has 0 radical (unpaired) electrons. The molecule has 1 rings (SSSR count). The molecule has 66 valence electrons. The van der Waals surface area contributed by atoms with Gasteiger partial charge < -0.3 is 9.64 Å². The predicted octanol–water partition coefficient (Wildman–Crippen LogP) is 1.22. The Kier molecular flexibility index (Phi) is 2.90. The molecule has 1 fully saturated rings. The molecular formula is C9H19NO. The van der Waals surface area contributed by atoms with Crippen LogP contribution in [0.5, 0.6) is 0 Å². The molecule has 0 aromatic carbocycles. The first-order valence-corrected chi connectivity index (χ1v) is 4.36. The largest absolute Gasteiger partial charge is 0.380 e. The highest BCUT2D eigenvalue weighted by molar-refractivity contribution is 4.84. The molecule has 1 heterocycles. The van der Waals surface area contributed by atoms with Crippen molar-refractivity contribution in [3.8, 4) is 0 Å². The highest BCUT2D eigenvalue weighted by Gasteiger charge is 2.32. The molecule has 0 bridgehead atoms. The molecule has 1 aliphatic heterocycles. The first kappa shape index (κ1) is 9.01. The van der Waals surface area contributed by atoms with Crippen LogP contribution in [0.3, 0.4) is 0 Å². The van der Waals surface area contributed by atoms with Crippen molar-refractivity contribution in [2.75, 3.05) is 27.2 Å². The van der Waals surface area contributed by atoms with Gasteiger partial charge in [0.15, 0.2) is 0 Å². The lowest BCUT2D eigenvalue weighted by molar-refractivity contribution is 0.0644. The van der Waals surface area contributed by atoms with E-state index in [0.29, 0.717) is 6.10 Å². The lowest BCUT2D eigenvalue weighted by Crippen LogP contribution is -2.24. The van der Waals surface area contributed by atoms with Crippen molar-refractivity contribution < 1.29 is 4.74 Å². The van der Waals surface area contributed by atoms with Crippen LogP contribution in [-0.4, -0.2) is 38.3 Å². The van der Waals surface area contributed by atoms with Gasteiger partial charge in [-0.1, -0.05) is 13.8 Å². The monoisotopic (exact) mass is 157 g/mol. The molecule has 0 amide bonds. The zero-order valence-electron chi connectivity index (χ0n) is 8.00. The third-order valence-corrected chi connectivity index (χ3v) is 2.65. The summed E-state index contributed by atoms with van der Waals surface area (Å²) < 4.78 is 5.41. The van der Waals surface area contributed by atoms with Crippen LogP contribution in [0.1, 0.15) is 13.8 Å². The third kappa shape index (κ3) is 1.94. The number of likely N-dealkylation sites (N-methyl/N-ethyl adjacent to an activating group) is 1. The second kappa shape index (κ2) is 3.55. The van der Waals surface area contributed by atoms with Gasteiger partial charge in [0, 0.05) is 26.1 Å². The summed E-state index contributed by atoms with van der Waals surface area (Å²) in [6.07, 6.45) is 0.458. The summed E-state index contributed by atoms with van der Waals surface area (Å²) in [5, 5.41) is 0. The first-order valence-electron chi connectivity index (χ1n) is 4.36. The number of hydrogen-bond donors (Lipinski definition) is 0. The van der Waals surface area contributed by atoms with Crippen molar-refractivity contribution in [1.82, 2.24) is 4.90 Å². The molecule has 0 saturated carbocycles. The lowest BCUT2D eigenvalue weighted by atomic mass is 9.93. The second-order valence-electron chi connectivity index (χ2n) is 3.90. The van der Waals surface area contributed by atoms with Crippen molar-refractivity contribution in [2.45, 2.75) is 20.0 Å². The SMILES string of the molecule is CO[C@@H]1CN(C)C[C@@H]1C(C)C. The quantitative estimate of drug-likeness (QED) is 0.597. The maximum Gasteiger partial charge on any atom is 0.0740 e. The molecule has 0 spiro atoms. The van der Waals surface area contributed by atoms with E-state index < -0.39 is 0 Å². The van der Waals surface area contributed by atoms with E-state index in [2.05, 4.69) is 25.8 Å². The van der Waals surface area contributed by atoms with Gasteiger partial charge in [-0.25, -0.2) is 0 Å². The van der Waals surface area contributed by atoms with E-state index in [1.807, 2.05) is 7.11 Å². The van der Waals surface area contributed by atoms with Crippen LogP contribution in [0.4, 0.5) is 0 Å². The van der Waals surface area contributed by atoms with Gasteiger partial charge in [0.25, 0.3) is 0 Å². The maximum atomic E-state index is 5.41. The van der Waals surface area contributed by atoms with Crippen molar-refractivity contribution in [1.29, 1.82) is 0 Å². The van der Waals surface area contributed by atoms with E-state index in [-0.39, 0.29) is 0 Å². The average Bonchev–Trinajstić information content (AvgIpc) is 2.30. The highest BCUT2D eigenvalue weighted by atomic mass is 16.5. The molecular weight excluding hydrogens is 138 g/mol. The average molecular weight is 157 g/mol. The number of rotatable bonds is 2. The fourth-order valence-corrected chi connectivity index (χ4v) is 1.88. The Morgan fingerprint density at radius 2 is 2.00 bits per heavy atom. The first-order chi connectivity index (χ1) is 5.15. The number of ether oxygens (including phenoxy) is 1. The summed E-state index contributed by atoms with van der Waals surface area (Å²) >= 11 is 0. The van der Waals surface area contributed by atoms with Gasteiger partial charge in [-0.15, -0.1) is 0 Å². The van der Waals surface area contributed by atoms with Crippen LogP contribution in [0.15, 0.2) is 0 Å². The van der Waals surface area contributed by atoms with Gasteiger partial charge in [-0.05, 0) is 13.0 Å². The minimum Gasteiger partial charge on any atom is -0.380 e. The standard InChI is InChI=1S/C9H19NO/c1-7(2)8-5-10(3)6-9(8)11-4/h7-9H,5-6H2,1-4H3/t8-,9-/m1/s1. The molecule has 0 unspecified atom stereocenters. The number of nitrogens with zero attached hydrogens (tertiary/aromatic N) is 1. The van der Waals surface area contributed by atoms with Gasteiger partial charge in [-0.3, -0.25) is 0 Å². The Labute approximate surface area is 69.5 Å². The lowest BCUT2D eigenvalue weighted by Gasteiger charge is -2.20. The number of likely N-dealkylation sites (tertiary alicyclic amines) is 1. The molecule has 0 N–H and O–H groups in total. The fourth-order valence-electron chi connectivity index (χ4n) is 1.88. The highest BCUT2D eigenvalue weighted by Crippen LogP contribution is 2.24. The van der Waals surface area contributed by atoms with Gasteiger partial charge >= 0.3 is 0 Å². The van der Waals surface area contributed by atoms with Crippen molar-refractivity contribution >= 4 is 0 Å². The van der Waals surface area contributed by atoms with Crippen LogP contribution in [0, 0.1) is 11.8 Å². The van der Waals surface area contributed by atoms with Crippen LogP contribution in [-0.2, 0) is 4.74 Å². The van der Waals surface area contributed by atoms with E-state index in [4.69, 9.17) is 4.74 Å². The number of hydrogen-bond acceptors (Lipinski definition) is 2. The van der Waals surface area contributed by atoms with Gasteiger partial charge in [-0.2, -0.15) is 0 Å². The second-order valence-corrected chi connectivity index (χ2v) is 3.90. The molecule has 1 aliphatic rings. The topological polar surface area (TPSA) is 12.5 Å². The van der Waals surface area contributed by atoms with Crippen LogP contribution < -0.4 is 0 Å². The molecule has 11 heavy (non-hydrogen) atoms. The Balaban J connectivity index is 2.50. The molecule has 1 saturated heterocycles. The molecule has 2 heteroatoms. The Hall–Kier alpha value is -0.0800. The molecule has 2 nitrogen and oxygen atoms in total.